The van der Waals surface area contributed by atoms with Gasteiger partial charge in [0.1, 0.15) is 6.54 Å². The van der Waals surface area contributed by atoms with Crippen LogP contribution in [0.25, 0.3) is 0 Å². The molecule has 1 rings (SSSR count). The molecule has 29 heavy (non-hydrogen) atoms. The summed E-state index contributed by atoms with van der Waals surface area (Å²) in [6.07, 6.45) is 4.42. The molecule has 0 radical (unpaired) electrons. The second-order valence-corrected chi connectivity index (χ2v) is 6.32. The van der Waals surface area contributed by atoms with Crippen LogP contribution in [0.2, 0.25) is 0 Å². The molecule has 12 heteroatoms. The second-order valence-electron chi connectivity index (χ2n) is 6.32. The predicted molar refractivity (Wildman–Crippen MR) is 105 cm³/mol. The molecule has 1 heterocycles. The van der Waals surface area contributed by atoms with E-state index in [-0.39, 0.29) is 37.2 Å². The third-order valence-corrected chi connectivity index (χ3v) is 3.73. The molecule has 0 saturated heterocycles. The highest BCUT2D eigenvalue weighted by Gasteiger charge is 2.08. The number of aliphatic carboxylic acids is 3. The Morgan fingerprint density at radius 3 is 1.38 bits per heavy atom. The number of hydrogen-bond acceptors (Lipinski definition) is 9. The fourth-order valence-corrected chi connectivity index (χ4v) is 2.32. The van der Waals surface area contributed by atoms with E-state index in [4.69, 9.17) is 15.3 Å². The van der Waals surface area contributed by atoms with Crippen LogP contribution in [0, 0.1) is 0 Å². The van der Waals surface area contributed by atoms with E-state index in [1.54, 1.807) is 0 Å². The van der Waals surface area contributed by atoms with E-state index >= 15 is 0 Å². The molecule has 0 aromatic carbocycles. The first kappa shape index (κ1) is 23.9. The number of nitrogens with one attached hydrogen (secondary N) is 3. The molecule has 6 N–H and O–H groups in total. The van der Waals surface area contributed by atoms with Crippen LogP contribution in [0.3, 0.4) is 0 Å². The van der Waals surface area contributed by atoms with Crippen molar-refractivity contribution in [2.24, 2.45) is 0 Å². The summed E-state index contributed by atoms with van der Waals surface area (Å²) in [7, 11) is 0. The van der Waals surface area contributed by atoms with Crippen LogP contribution in [0.5, 0.6) is 0 Å². The third-order valence-electron chi connectivity index (χ3n) is 3.73. The van der Waals surface area contributed by atoms with E-state index in [0.717, 1.165) is 25.7 Å². The molecular weight excluding hydrogens is 384 g/mol. The van der Waals surface area contributed by atoms with E-state index in [1.807, 2.05) is 0 Å². The minimum atomic E-state index is -1.05. The van der Waals surface area contributed by atoms with Crippen LogP contribution in [-0.2, 0) is 14.4 Å². The fraction of sp³-hybridized carbons (Fsp3) is 0.647. The number of carboxylic acid groups (broad SMARTS) is 3. The van der Waals surface area contributed by atoms with Crippen LogP contribution in [0.1, 0.15) is 51.4 Å². The average molecular weight is 412 g/mol. The number of aromatic nitrogens is 3. The van der Waals surface area contributed by atoms with Gasteiger partial charge in [0.25, 0.3) is 0 Å². The lowest BCUT2D eigenvalue weighted by molar-refractivity contribution is -0.138. The zero-order chi connectivity index (χ0) is 21.5. The first-order chi connectivity index (χ1) is 13.9. The Kier molecular flexibility index (Phi) is 11.4. The molecule has 0 unspecified atom stereocenters. The second kappa shape index (κ2) is 13.9. The molecule has 0 aliphatic heterocycles. The zero-order valence-electron chi connectivity index (χ0n) is 16.2. The lowest BCUT2D eigenvalue weighted by Gasteiger charge is -2.10. The molecule has 1 aromatic heterocycles. The normalized spacial score (nSPS) is 10.3. The minimum Gasteiger partial charge on any atom is -0.481 e. The van der Waals surface area contributed by atoms with Crippen molar-refractivity contribution in [3.8, 4) is 0 Å². The molecular formula is C17H28N6O6. The number of carboxylic acids is 3. The van der Waals surface area contributed by atoms with Crippen molar-refractivity contribution in [3.05, 3.63) is 0 Å². The van der Waals surface area contributed by atoms with E-state index in [1.165, 1.54) is 0 Å². The van der Waals surface area contributed by atoms with Crippen LogP contribution < -0.4 is 16.0 Å². The van der Waals surface area contributed by atoms with Gasteiger partial charge in [-0.05, 0) is 25.7 Å². The summed E-state index contributed by atoms with van der Waals surface area (Å²) in [6, 6.07) is 0. The van der Waals surface area contributed by atoms with E-state index < -0.39 is 17.9 Å². The van der Waals surface area contributed by atoms with Crippen molar-refractivity contribution >= 4 is 35.8 Å². The van der Waals surface area contributed by atoms with E-state index in [9.17, 15) is 14.4 Å². The average Bonchev–Trinajstić information content (AvgIpc) is 2.65. The summed E-state index contributed by atoms with van der Waals surface area (Å²) in [5, 5.41) is 34.7. The molecule has 0 amide bonds. The van der Waals surface area contributed by atoms with Crippen molar-refractivity contribution in [2.45, 2.75) is 51.4 Å². The first-order valence-electron chi connectivity index (χ1n) is 9.50. The van der Waals surface area contributed by atoms with Gasteiger partial charge in [-0.2, -0.15) is 15.0 Å². The maximum absolute atomic E-state index is 10.7. The monoisotopic (exact) mass is 412 g/mol. The molecule has 0 aliphatic rings. The minimum absolute atomic E-state index is 0.115. The van der Waals surface area contributed by atoms with Crippen molar-refractivity contribution in [2.75, 3.05) is 35.6 Å². The number of hydrogen-bond donors (Lipinski definition) is 6. The van der Waals surface area contributed by atoms with Crippen molar-refractivity contribution in [1.29, 1.82) is 0 Å². The number of nitrogens with zero attached hydrogens (tertiary/aromatic N) is 3. The Labute approximate surface area is 168 Å². The Morgan fingerprint density at radius 1 is 0.586 bits per heavy atom. The summed E-state index contributed by atoms with van der Waals surface area (Å²) < 4.78 is 0. The third kappa shape index (κ3) is 12.8. The van der Waals surface area contributed by atoms with Crippen LogP contribution in [-0.4, -0.2) is 67.8 Å². The van der Waals surface area contributed by atoms with Crippen LogP contribution in [0.4, 0.5) is 17.8 Å². The predicted octanol–water partition coefficient (Wildman–Crippen LogP) is 1.48. The largest absolute Gasteiger partial charge is 0.481 e. The van der Waals surface area contributed by atoms with E-state index in [0.29, 0.717) is 25.9 Å². The Balaban J connectivity index is 2.51. The zero-order valence-corrected chi connectivity index (χ0v) is 16.2. The highest BCUT2D eigenvalue weighted by molar-refractivity contribution is 5.72. The van der Waals surface area contributed by atoms with Gasteiger partial charge in [0.2, 0.25) is 17.8 Å². The first-order valence-corrected chi connectivity index (χ1v) is 9.50. The molecule has 0 fully saturated rings. The van der Waals surface area contributed by atoms with Gasteiger partial charge < -0.3 is 31.3 Å². The number of rotatable bonds is 17. The smallest absolute Gasteiger partial charge is 0.322 e. The SMILES string of the molecule is O=C(O)CCCCCNc1nc(NCCCCCC(=O)O)nc(NCC(=O)O)n1. The fourth-order valence-electron chi connectivity index (χ4n) is 2.32. The highest BCUT2D eigenvalue weighted by atomic mass is 16.4. The maximum atomic E-state index is 10.7. The summed E-state index contributed by atoms with van der Waals surface area (Å²) >= 11 is 0. The molecule has 0 spiro atoms. The lowest BCUT2D eigenvalue weighted by Crippen LogP contribution is -2.17. The molecule has 0 atom stereocenters. The molecule has 0 aliphatic carbocycles. The van der Waals surface area contributed by atoms with Crippen LogP contribution in [0.15, 0.2) is 0 Å². The van der Waals surface area contributed by atoms with Gasteiger partial charge in [-0.25, -0.2) is 0 Å². The van der Waals surface area contributed by atoms with Gasteiger partial charge in [-0.15, -0.1) is 0 Å². The van der Waals surface area contributed by atoms with Gasteiger partial charge in [0.15, 0.2) is 0 Å². The Hall–Kier alpha value is -3.18. The van der Waals surface area contributed by atoms with Gasteiger partial charge in [-0.1, -0.05) is 12.8 Å². The molecule has 0 saturated carbocycles. The van der Waals surface area contributed by atoms with E-state index in [2.05, 4.69) is 30.9 Å². The number of unbranched alkanes of at least 4 members (excludes halogenated alkanes) is 4. The number of carbonyl (C=O) groups is 3. The molecule has 0 bridgehead atoms. The van der Waals surface area contributed by atoms with Crippen molar-refractivity contribution < 1.29 is 29.7 Å². The summed E-state index contributed by atoms with van der Waals surface area (Å²) in [4.78, 5) is 44.2. The summed E-state index contributed by atoms with van der Waals surface area (Å²) in [6.45, 7) is 0.737. The van der Waals surface area contributed by atoms with Gasteiger partial charge in [0.05, 0.1) is 0 Å². The topological polar surface area (TPSA) is 187 Å². The van der Waals surface area contributed by atoms with Crippen molar-refractivity contribution in [1.82, 2.24) is 15.0 Å². The molecule has 12 nitrogen and oxygen atoms in total. The van der Waals surface area contributed by atoms with Gasteiger partial charge in [-0.3, -0.25) is 14.4 Å². The standard InChI is InChI=1S/C17H28N6O6/c24-12(25)7-3-1-5-9-18-15-21-16(19-10-6-2-4-8-13(26)27)23-17(22-15)20-11-14(28)29/h1-11H2,(H,24,25)(H,26,27)(H,28,29)(H3,18,19,20,21,22,23). The molecule has 1 aromatic rings. The van der Waals surface area contributed by atoms with Gasteiger partial charge in [0, 0.05) is 25.9 Å². The maximum Gasteiger partial charge on any atom is 0.322 e. The number of anilines is 3. The van der Waals surface area contributed by atoms with Gasteiger partial charge >= 0.3 is 17.9 Å². The van der Waals surface area contributed by atoms with Crippen molar-refractivity contribution in [3.63, 3.8) is 0 Å². The Bertz CT molecular complexity index is 628. The lowest BCUT2D eigenvalue weighted by atomic mass is 10.2. The quantitative estimate of drug-likeness (QED) is 0.203. The van der Waals surface area contributed by atoms with Crippen LogP contribution >= 0.6 is 0 Å². The Morgan fingerprint density at radius 2 is 1.00 bits per heavy atom. The summed E-state index contributed by atoms with van der Waals surface area (Å²) in [5.41, 5.74) is 0. The highest BCUT2D eigenvalue weighted by Crippen LogP contribution is 2.11. The summed E-state index contributed by atoms with van der Waals surface area (Å²) in [5.74, 6) is -2.01. The molecule has 162 valence electrons.